The first-order chi connectivity index (χ1) is 8.95. The number of hydrogen-bond acceptors (Lipinski definition) is 4. The Kier molecular flexibility index (Phi) is 10.6. The van der Waals surface area contributed by atoms with Gasteiger partial charge in [-0.2, -0.15) is 0 Å². The van der Waals surface area contributed by atoms with Gasteiger partial charge in [-0.05, 0) is 53.1 Å². The smallest absolute Gasteiger partial charge is 0.407 e. The van der Waals surface area contributed by atoms with Gasteiger partial charge in [0.05, 0.1) is 0 Å². The number of hydrogen-bond donors (Lipinski definition) is 2. The Morgan fingerprint density at radius 2 is 1.68 bits per heavy atom. The van der Waals surface area contributed by atoms with E-state index in [-0.39, 0.29) is 6.09 Å². The summed E-state index contributed by atoms with van der Waals surface area (Å²) in [5.41, 5.74) is -0.438. The van der Waals surface area contributed by atoms with Crippen LogP contribution in [0.2, 0.25) is 0 Å². The molecule has 0 aromatic rings. The van der Waals surface area contributed by atoms with E-state index in [2.05, 4.69) is 17.6 Å². The van der Waals surface area contributed by atoms with Gasteiger partial charge < -0.3 is 20.1 Å². The Labute approximate surface area is 117 Å². The van der Waals surface area contributed by atoms with E-state index in [9.17, 15) is 4.79 Å². The highest BCUT2D eigenvalue weighted by molar-refractivity contribution is 5.67. The molecule has 0 spiro atoms. The molecule has 5 heteroatoms. The summed E-state index contributed by atoms with van der Waals surface area (Å²) in [7, 11) is 0. The second kappa shape index (κ2) is 11.1. The lowest BCUT2D eigenvalue weighted by Crippen LogP contribution is -2.33. The van der Waals surface area contributed by atoms with Crippen molar-refractivity contribution in [3.05, 3.63) is 0 Å². The molecule has 2 N–H and O–H groups in total. The van der Waals surface area contributed by atoms with Crippen molar-refractivity contribution in [2.24, 2.45) is 0 Å². The molecule has 0 aliphatic carbocycles. The molecule has 0 unspecified atom stereocenters. The number of rotatable bonds is 10. The van der Waals surface area contributed by atoms with E-state index in [1.807, 2.05) is 20.8 Å². The van der Waals surface area contributed by atoms with Crippen molar-refractivity contribution in [1.82, 2.24) is 10.6 Å². The van der Waals surface area contributed by atoms with Gasteiger partial charge in [-0.25, -0.2) is 4.79 Å². The number of ether oxygens (including phenoxy) is 2. The lowest BCUT2D eigenvalue weighted by atomic mass is 10.2. The maximum atomic E-state index is 11.3. The zero-order valence-electron chi connectivity index (χ0n) is 12.9. The van der Waals surface area contributed by atoms with Crippen molar-refractivity contribution < 1.29 is 14.3 Å². The summed E-state index contributed by atoms with van der Waals surface area (Å²) < 4.78 is 10.6. The van der Waals surface area contributed by atoms with E-state index >= 15 is 0 Å². The predicted octanol–water partition coefficient (Wildman–Crippen LogP) is 2.31. The monoisotopic (exact) mass is 274 g/mol. The first kappa shape index (κ1) is 18.2. The van der Waals surface area contributed by atoms with E-state index < -0.39 is 5.60 Å². The largest absolute Gasteiger partial charge is 0.444 e. The van der Waals surface area contributed by atoms with E-state index in [1.54, 1.807) is 0 Å². The third-order valence-corrected chi connectivity index (χ3v) is 2.20. The van der Waals surface area contributed by atoms with E-state index in [0.717, 1.165) is 39.0 Å². The molecule has 1 amide bonds. The molecule has 0 fully saturated rings. The lowest BCUT2D eigenvalue weighted by Gasteiger charge is -2.19. The minimum absolute atomic E-state index is 0.365. The normalized spacial score (nSPS) is 11.4. The maximum Gasteiger partial charge on any atom is 0.407 e. The summed E-state index contributed by atoms with van der Waals surface area (Å²) in [6, 6.07) is 0. The van der Waals surface area contributed by atoms with Crippen LogP contribution in [0.4, 0.5) is 4.79 Å². The predicted molar refractivity (Wildman–Crippen MR) is 77.5 cm³/mol. The summed E-state index contributed by atoms with van der Waals surface area (Å²) >= 11 is 0. The summed E-state index contributed by atoms with van der Waals surface area (Å²) in [5.74, 6) is 0. The van der Waals surface area contributed by atoms with Crippen LogP contribution < -0.4 is 10.6 Å². The van der Waals surface area contributed by atoms with Gasteiger partial charge in [0, 0.05) is 19.8 Å². The van der Waals surface area contributed by atoms with Crippen molar-refractivity contribution in [2.75, 3.05) is 32.8 Å². The number of nitrogens with one attached hydrogen (secondary N) is 2. The third-order valence-electron chi connectivity index (χ3n) is 2.20. The van der Waals surface area contributed by atoms with Crippen molar-refractivity contribution in [2.45, 2.75) is 52.6 Å². The molecule has 0 aromatic carbocycles. The number of alkyl carbamates (subject to hydrolysis) is 1. The topological polar surface area (TPSA) is 59.6 Å². The second-order valence-corrected chi connectivity index (χ2v) is 5.50. The highest BCUT2D eigenvalue weighted by Crippen LogP contribution is 2.06. The number of amides is 1. The van der Waals surface area contributed by atoms with Crippen LogP contribution in [0.15, 0.2) is 0 Å². The van der Waals surface area contributed by atoms with Gasteiger partial charge in [-0.1, -0.05) is 6.92 Å². The summed E-state index contributed by atoms with van der Waals surface area (Å²) in [6.07, 6.45) is 2.63. The van der Waals surface area contributed by atoms with Crippen LogP contribution in [0.25, 0.3) is 0 Å². The van der Waals surface area contributed by atoms with E-state index in [1.165, 1.54) is 0 Å². The quantitative estimate of drug-likeness (QED) is 0.600. The van der Waals surface area contributed by atoms with Crippen molar-refractivity contribution >= 4 is 6.09 Å². The van der Waals surface area contributed by atoms with E-state index in [0.29, 0.717) is 13.2 Å². The Balaban J connectivity index is 3.21. The van der Waals surface area contributed by atoms with Crippen LogP contribution in [0.5, 0.6) is 0 Å². The number of carbonyl (C=O) groups excluding carboxylic acids is 1. The highest BCUT2D eigenvalue weighted by Gasteiger charge is 2.15. The molecule has 0 rings (SSSR count). The molecular weight excluding hydrogens is 244 g/mol. The molecule has 19 heavy (non-hydrogen) atoms. The van der Waals surface area contributed by atoms with Crippen molar-refractivity contribution in [1.29, 1.82) is 0 Å². The molecule has 0 saturated carbocycles. The van der Waals surface area contributed by atoms with Gasteiger partial charge in [0.2, 0.25) is 0 Å². The first-order valence-corrected chi connectivity index (χ1v) is 7.21. The SMILES string of the molecule is CCCNCCCOCCCNC(=O)OC(C)(C)C. The second-order valence-electron chi connectivity index (χ2n) is 5.50. The fraction of sp³-hybridized carbons (Fsp3) is 0.929. The molecule has 0 aliphatic heterocycles. The Morgan fingerprint density at radius 3 is 2.26 bits per heavy atom. The van der Waals surface area contributed by atoms with Gasteiger partial charge in [0.1, 0.15) is 5.60 Å². The maximum absolute atomic E-state index is 11.3. The molecular formula is C14H30N2O3. The highest BCUT2D eigenvalue weighted by atomic mass is 16.6. The molecule has 0 heterocycles. The fourth-order valence-corrected chi connectivity index (χ4v) is 1.38. The van der Waals surface area contributed by atoms with Gasteiger partial charge >= 0.3 is 6.09 Å². The standard InChI is InChI=1S/C14H30N2O3/c1-5-8-15-9-6-11-18-12-7-10-16-13(17)19-14(2,3)4/h15H,5-12H2,1-4H3,(H,16,17). The summed E-state index contributed by atoms with van der Waals surface area (Å²) in [5, 5.41) is 6.02. The third kappa shape index (κ3) is 15.1. The molecule has 0 atom stereocenters. The first-order valence-electron chi connectivity index (χ1n) is 7.21. The Bertz CT molecular complexity index is 227. The zero-order chi connectivity index (χ0) is 14.6. The Morgan fingerprint density at radius 1 is 1.05 bits per heavy atom. The van der Waals surface area contributed by atoms with Crippen molar-refractivity contribution in [3.63, 3.8) is 0 Å². The minimum atomic E-state index is -0.438. The summed E-state index contributed by atoms with van der Waals surface area (Å²) in [4.78, 5) is 11.3. The van der Waals surface area contributed by atoms with E-state index in [4.69, 9.17) is 9.47 Å². The average molecular weight is 274 g/mol. The molecule has 0 aliphatic rings. The molecule has 0 radical (unpaired) electrons. The van der Waals surface area contributed by atoms with Crippen LogP contribution in [0.3, 0.4) is 0 Å². The molecule has 5 nitrogen and oxygen atoms in total. The van der Waals surface area contributed by atoms with Crippen LogP contribution in [0.1, 0.15) is 47.0 Å². The molecule has 0 aromatic heterocycles. The van der Waals surface area contributed by atoms with Crippen LogP contribution >= 0.6 is 0 Å². The molecule has 0 bridgehead atoms. The fourth-order valence-electron chi connectivity index (χ4n) is 1.38. The van der Waals surface area contributed by atoms with Gasteiger partial charge in [-0.15, -0.1) is 0 Å². The van der Waals surface area contributed by atoms with Gasteiger partial charge in [0.25, 0.3) is 0 Å². The molecule has 0 saturated heterocycles. The summed E-state index contributed by atoms with van der Waals surface area (Å²) in [6.45, 7) is 11.8. The zero-order valence-corrected chi connectivity index (χ0v) is 12.9. The van der Waals surface area contributed by atoms with Crippen LogP contribution in [-0.4, -0.2) is 44.5 Å². The van der Waals surface area contributed by atoms with Gasteiger partial charge in [-0.3, -0.25) is 0 Å². The lowest BCUT2D eigenvalue weighted by molar-refractivity contribution is 0.0520. The van der Waals surface area contributed by atoms with Crippen LogP contribution in [-0.2, 0) is 9.47 Å². The average Bonchev–Trinajstić information content (AvgIpc) is 2.29. The Hall–Kier alpha value is -0.810. The van der Waals surface area contributed by atoms with Crippen LogP contribution in [0, 0.1) is 0 Å². The van der Waals surface area contributed by atoms with Crippen molar-refractivity contribution in [3.8, 4) is 0 Å². The van der Waals surface area contributed by atoms with Gasteiger partial charge in [0.15, 0.2) is 0 Å². The number of carbonyl (C=O) groups is 1. The molecule has 114 valence electrons. The minimum Gasteiger partial charge on any atom is -0.444 e.